The first-order valence-electron chi connectivity index (χ1n) is 14.9. The molecule has 46 heavy (non-hydrogen) atoms. The second-order valence-electron chi connectivity index (χ2n) is 11.1. The maximum Gasteiger partial charge on any atom is 0.355 e. The van der Waals surface area contributed by atoms with Gasteiger partial charge in [0.2, 0.25) is 0 Å². The Morgan fingerprint density at radius 2 is 1.72 bits per heavy atom. The Kier molecular flexibility index (Phi) is 7.63. The Hall–Kier alpha value is -5.61. The summed E-state index contributed by atoms with van der Waals surface area (Å²) in [6.07, 6.45) is 2.39. The number of thiazole rings is 1. The fourth-order valence-corrected chi connectivity index (χ4v) is 6.87. The molecule has 0 atom stereocenters. The molecule has 0 fully saturated rings. The summed E-state index contributed by atoms with van der Waals surface area (Å²) < 4.78 is 1.00. The average molecular weight is 627 g/mol. The summed E-state index contributed by atoms with van der Waals surface area (Å²) in [7, 11) is 1.94. The molecular formula is C36H30N6O3S. The lowest BCUT2D eigenvalue weighted by molar-refractivity contribution is 0.0691. The SMILES string of the molecule is Cc1c(-c2ccc(N3CCc4cccc(C(=O)Nc5nc6ccccc6s5)c4C3)nc2C(=O)O)ccnc1N(C)c1ccccc1. The number of para-hydroxylation sites is 2. The third-order valence-electron chi connectivity index (χ3n) is 8.37. The van der Waals surface area contributed by atoms with Crippen molar-refractivity contribution in [2.45, 2.75) is 19.9 Å². The van der Waals surface area contributed by atoms with E-state index < -0.39 is 5.97 Å². The van der Waals surface area contributed by atoms with Crippen LogP contribution in [0, 0.1) is 6.92 Å². The number of nitrogens with zero attached hydrogens (tertiary/aromatic N) is 5. The Labute approximate surface area is 269 Å². The van der Waals surface area contributed by atoms with Gasteiger partial charge in [0.25, 0.3) is 5.91 Å². The van der Waals surface area contributed by atoms with Gasteiger partial charge in [0, 0.05) is 43.1 Å². The van der Waals surface area contributed by atoms with Crippen molar-refractivity contribution in [3.63, 3.8) is 0 Å². The van der Waals surface area contributed by atoms with Crippen molar-refractivity contribution < 1.29 is 14.7 Å². The zero-order valence-electron chi connectivity index (χ0n) is 25.3. The highest BCUT2D eigenvalue weighted by Crippen LogP contribution is 2.35. The third kappa shape index (κ3) is 5.43. The molecule has 3 aromatic heterocycles. The molecule has 0 saturated carbocycles. The van der Waals surface area contributed by atoms with Gasteiger partial charge in [0.15, 0.2) is 10.8 Å². The summed E-state index contributed by atoms with van der Waals surface area (Å²) in [4.78, 5) is 43.9. The van der Waals surface area contributed by atoms with Crippen LogP contribution in [-0.2, 0) is 13.0 Å². The van der Waals surface area contributed by atoms with Crippen molar-refractivity contribution in [3.8, 4) is 11.1 Å². The van der Waals surface area contributed by atoms with Crippen LogP contribution in [0.15, 0.2) is 97.2 Å². The quantitative estimate of drug-likeness (QED) is 0.189. The van der Waals surface area contributed by atoms with Crippen LogP contribution in [0.5, 0.6) is 0 Å². The molecule has 0 unspecified atom stereocenters. The molecule has 1 amide bonds. The van der Waals surface area contributed by atoms with Crippen LogP contribution in [0.25, 0.3) is 21.3 Å². The Morgan fingerprint density at radius 3 is 2.52 bits per heavy atom. The molecular weight excluding hydrogens is 597 g/mol. The predicted octanol–water partition coefficient (Wildman–Crippen LogP) is 7.34. The van der Waals surface area contributed by atoms with E-state index in [0.29, 0.717) is 41.6 Å². The van der Waals surface area contributed by atoms with Crippen molar-refractivity contribution in [2.24, 2.45) is 0 Å². The highest BCUT2D eigenvalue weighted by Gasteiger charge is 2.26. The van der Waals surface area contributed by atoms with E-state index in [1.807, 2.05) is 115 Å². The van der Waals surface area contributed by atoms with Gasteiger partial charge in [-0.25, -0.2) is 19.7 Å². The van der Waals surface area contributed by atoms with Gasteiger partial charge in [0.05, 0.1) is 10.2 Å². The molecule has 3 aromatic carbocycles. The van der Waals surface area contributed by atoms with Crippen LogP contribution >= 0.6 is 11.3 Å². The van der Waals surface area contributed by atoms with E-state index in [1.165, 1.54) is 11.3 Å². The second-order valence-corrected chi connectivity index (χ2v) is 12.2. The lowest BCUT2D eigenvalue weighted by Crippen LogP contribution is -2.33. The van der Waals surface area contributed by atoms with Crippen LogP contribution in [0.3, 0.4) is 0 Å². The lowest BCUT2D eigenvalue weighted by atomic mass is 9.94. The number of anilines is 4. The van der Waals surface area contributed by atoms with Crippen LogP contribution < -0.4 is 15.1 Å². The maximum atomic E-state index is 13.5. The van der Waals surface area contributed by atoms with Crippen molar-refractivity contribution in [1.82, 2.24) is 15.0 Å². The number of carboxylic acid groups (broad SMARTS) is 1. The zero-order chi connectivity index (χ0) is 31.8. The number of pyridine rings is 2. The molecule has 0 aliphatic carbocycles. The number of fused-ring (bicyclic) bond motifs is 2. The number of aromatic carboxylic acids is 1. The van der Waals surface area contributed by atoms with E-state index in [0.717, 1.165) is 44.0 Å². The number of amides is 1. The van der Waals surface area contributed by atoms with Crippen LogP contribution in [-0.4, -0.2) is 45.5 Å². The summed E-state index contributed by atoms with van der Waals surface area (Å²) in [5.41, 5.74) is 6.46. The maximum absolute atomic E-state index is 13.5. The zero-order valence-corrected chi connectivity index (χ0v) is 26.1. The Morgan fingerprint density at radius 1 is 0.913 bits per heavy atom. The third-order valence-corrected chi connectivity index (χ3v) is 9.32. The number of hydrogen-bond acceptors (Lipinski definition) is 8. The Bertz CT molecular complexity index is 2080. The normalized spacial score (nSPS) is 12.5. The summed E-state index contributed by atoms with van der Waals surface area (Å²) >= 11 is 1.44. The minimum Gasteiger partial charge on any atom is -0.476 e. The second kappa shape index (κ2) is 12.1. The standard InChI is InChI=1S/C36H30N6O3S/c1-22-25(17-19-37-33(22)41(2)24-10-4-3-5-11-24)26-15-16-31(39-32(26)35(44)45)42-20-18-23-9-8-12-27(28(23)21-42)34(43)40-36-38-29-13-6-7-14-30(29)46-36/h3-17,19H,18,20-21H2,1-2H3,(H,44,45)(H,38,40,43). The monoisotopic (exact) mass is 626 g/mol. The van der Waals surface area contributed by atoms with Crippen molar-refractivity contribution in [2.75, 3.05) is 28.7 Å². The number of hydrogen-bond donors (Lipinski definition) is 2. The molecule has 10 heteroatoms. The van der Waals surface area contributed by atoms with Gasteiger partial charge in [-0.1, -0.05) is 53.8 Å². The Balaban J connectivity index is 1.18. The largest absolute Gasteiger partial charge is 0.476 e. The van der Waals surface area contributed by atoms with Gasteiger partial charge in [-0.3, -0.25) is 10.1 Å². The molecule has 0 bridgehead atoms. The molecule has 1 aliphatic rings. The van der Waals surface area contributed by atoms with E-state index in [2.05, 4.69) is 20.3 Å². The highest BCUT2D eigenvalue weighted by atomic mass is 32.1. The number of nitrogens with one attached hydrogen (secondary N) is 1. The molecule has 228 valence electrons. The fourth-order valence-electron chi connectivity index (χ4n) is 6.01. The molecule has 9 nitrogen and oxygen atoms in total. The average Bonchev–Trinajstić information content (AvgIpc) is 3.50. The van der Waals surface area contributed by atoms with E-state index in [9.17, 15) is 14.7 Å². The number of carbonyl (C=O) groups is 2. The van der Waals surface area contributed by atoms with Crippen LogP contribution in [0.4, 0.5) is 22.5 Å². The number of benzene rings is 3. The van der Waals surface area contributed by atoms with Gasteiger partial charge < -0.3 is 14.9 Å². The minimum atomic E-state index is -1.11. The first-order chi connectivity index (χ1) is 22.4. The summed E-state index contributed by atoms with van der Waals surface area (Å²) in [6.45, 7) is 3.01. The number of rotatable bonds is 7. The van der Waals surface area contributed by atoms with Gasteiger partial charge >= 0.3 is 5.97 Å². The van der Waals surface area contributed by atoms with Gasteiger partial charge in [0.1, 0.15) is 11.6 Å². The first-order valence-corrected chi connectivity index (χ1v) is 15.7. The minimum absolute atomic E-state index is 0.0345. The van der Waals surface area contributed by atoms with E-state index in [-0.39, 0.29) is 11.6 Å². The molecule has 1 aliphatic heterocycles. The van der Waals surface area contributed by atoms with Gasteiger partial charge in [-0.15, -0.1) is 0 Å². The summed E-state index contributed by atoms with van der Waals surface area (Å²) in [6, 6.07) is 28.9. The van der Waals surface area contributed by atoms with Gasteiger partial charge in [-0.05, 0) is 84.1 Å². The lowest BCUT2D eigenvalue weighted by Gasteiger charge is -2.31. The van der Waals surface area contributed by atoms with E-state index >= 15 is 0 Å². The van der Waals surface area contributed by atoms with Crippen molar-refractivity contribution >= 4 is 55.9 Å². The van der Waals surface area contributed by atoms with Crippen LogP contribution in [0.2, 0.25) is 0 Å². The molecule has 7 rings (SSSR count). The number of carbonyl (C=O) groups excluding carboxylic acids is 1. The molecule has 0 saturated heterocycles. The van der Waals surface area contributed by atoms with Crippen molar-refractivity contribution in [3.05, 3.63) is 125 Å². The highest BCUT2D eigenvalue weighted by molar-refractivity contribution is 7.22. The fraction of sp³-hybridized carbons (Fsp3) is 0.139. The number of carboxylic acids is 1. The first kappa shape index (κ1) is 29.1. The topological polar surface area (TPSA) is 112 Å². The molecule has 2 N–H and O–H groups in total. The molecule has 4 heterocycles. The van der Waals surface area contributed by atoms with E-state index in [4.69, 9.17) is 0 Å². The van der Waals surface area contributed by atoms with Gasteiger partial charge in [-0.2, -0.15) is 0 Å². The molecule has 0 radical (unpaired) electrons. The van der Waals surface area contributed by atoms with Crippen molar-refractivity contribution in [1.29, 1.82) is 0 Å². The summed E-state index contributed by atoms with van der Waals surface area (Å²) in [5.74, 6) is -0.0639. The predicted molar refractivity (Wildman–Crippen MR) is 182 cm³/mol. The summed E-state index contributed by atoms with van der Waals surface area (Å²) in [5, 5.41) is 13.8. The van der Waals surface area contributed by atoms with E-state index in [1.54, 1.807) is 6.20 Å². The molecule has 6 aromatic rings. The number of aromatic nitrogens is 3. The smallest absolute Gasteiger partial charge is 0.355 e. The van der Waals surface area contributed by atoms with Crippen LogP contribution in [0.1, 0.15) is 37.5 Å². The molecule has 0 spiro atoms.